The molecule has 3 rings (SSSR count). The van der Waals surface area contributed by atoms with Crippen LogP contribution < -0.4 is 5.32 Å². The van der Waals surface area contributed by atoms with Gasteiger partial charge in [0.15, 0.2) is 5.82 Å². The second kappa shape index (κ2) is 7.75. The highest BCUT2D eigenvalue weighted by Crippen LogP contribution is 2.24. The van der Waals surface area contributed by atoms with Gasteiger partial charge in [0.2, 0.25) is 5.91 Å². The van der Waals surface area contributed by atoms with Gasteiger partial charge in [-0.1, -0.05) is 49.4 Å². The topological polar surface area (TPSA) is 59.8 Å². The Kier molecular flexibility index (Phi) is 5.23. The molecule has 1 heterocycles. The normalized spacial score (nSPS) is 11.9. The van der Waals surface area contributed by atoms with Gasteiger partial charge in [-0.3, -0.25) is 4.79 Å². The molecule has 1 aromatic heterocycles. The van der Waals surface area contributed by atoms with Crippen LogP contribution in [0.4, 0.5) is 5.69 Å². The minimum Gasteiger partial charge on any atom is -0.326 e. The molecule has 5 nitrogen and oxygen atoms in total. The van der Waals surface area contributed by atoms with Gasteiger partial charge in [-0.05, 0) is 31.0 Å². The fourth-order valence-corrected chi connectivity index (χ4v) is 2.93. The summed E-state index contributed by atoms with van der Waals surface area (Å²) in [5, 5.41) is 11.2. The maximum Gasteiger partial charge on any atom is 0.231 e. The number of carbonyl (C=O) groups is 1. The van der Waals surface area contributed by atoms with E-state index >= 15 is 0 Å². The first kappa shape index (κ1) is 16.9. The number of aryl methyl sites for hydroxylation is 1. The number of carbonyl (C=O) groups excluding carboxylic acids is 1. The van der Waals surface area contributed by atoms with Crippen molar-refractivity contribution in [1.29, 1.82) is 0 Å². The number of hydrogen-bond acceptors (Lipinski definition) is 3. The molecule has 1 amide bonds. The molecule has 0 aliphatic rings. The van der Waals surface area contributed by atoms with Gasteiger partial charge < -0.3 is 9.88 Å². The number of benzene rings is 2. The van der Waals surface area contributed by atoms with Crippen LogP contribution in [0.15, 0.2) is 60.9 Å². The average Bonchev–Trinajstić information content (AvgIpc) is 3.12. The highest BCUT2D eigenvalue weighted by molar-refractivity contribution is 5.96. The van der Waals surface area contributed by atoms with Crippen LogP contribution in [-0.2, 0) is 11.3 Å². The van der Waals surface area contributed by atoms with E-state index in [-0.39, 0.29) is 11.8 Å². The van der Waals surface area contributed by atoms with E-state index in [2.05, 4.69) is 15.5 Å². The van der Waals surface area contributed by atoms with Gasteiger partial charge in [0.25, 0.3) is 0 Å². The van der Waals surface area contributed by atoms with Crippen molar-refractivity contribution >= 4 is 11.6 Å². The molecule has 0 spiro atoms. The zero-order valence-electron chi connectivity index (χ0n) is 14.5. The van der Waals surface area contributed by atoms with E-state index in [1.165, 1.54) is 0 Å². The van der Waals surface area contributed by atoms with Crippen molar-refractivity contribution in [2.24, 2.45) is 0 Å². The van der Waals surface area contributed by atoms with Crippen molar-refractivity contribution in [1.82, 2.24) is 14.8 Å². The SMILES string of the molecule is CCC(C(=O)Nc1cccc(-c2nncn2CC)c1)c1ccccc1. The van der Waals surface area contributed by atoms with Crippen LogP contribution in [0.5, 0.6) is 0 Å². The Morgan fingerprint density at radius 3 is 2.64 bits per heavy atom. The molecule has 0 saturated carbocycles. The van der Waals surface area contributed by atoms with E-state index in [0.29, 0.717) is 0 Å². The van der Waals surface area contributed by atoms with Crippen LogP contribution >= 0.6 is 0 Å². The molecular weight excluding hydrogens is 312 g/mol. The first-order valence-corrected chi connectivity index (χ1v) is 8.57. The van der Waals surface area contributed by atoms with Crippen LogP contribution in [0.3, 0.4) is 0 Å². The number of nitrogens with zero attached hydrogens (tertiary/aromatic N) is 3. The van der Waals surface area contributed by atoms with Gasteiger partial charge in [-0.2, -0.15) is 0 Å². The van der Waals surface area contributed by atoms with E-state index in [1.807, 2.05) is 73.0 Å². The third kappa shape index (κ3) is 3.76. The average molecular weight is 334 g/mol. The third-order valence-electron chi connectivity index (χ3n) is 4.27. The fourth-order valence-electron chi connectivity index (χ4n) is 2.93. The quantitative estimate of drug-likeness (QED) is 0.738. The molecular formula is C20H22N4O. The summed E-state index contributed by atoms with van der Waals surface area (Å²) in [4.78, 5) is 12.7. The zero-order valence-corrected chi connectivity index (χ0v) is 14.5. The number of hydrogen-bond donors (Lipinski definition) is 1. The lowest BCUT2D eigenvalue weighted by atomic mass is 9.95. The van der Waals surface area contributed by atoms with E-state index in [1.54, 1.807) is 6.33 Å². The summed E-state index contributed by atoms with van der Waals surface area (Å²) < 4.78 is 1.97. The largest absolute Gasteiger partial charge is 0.326 e. The molecule has 0 aliphatic heterocycles. The first-order chi connectivity index (χ1) is 12.2. The van der Waals surface area contributed by atoms with Crippen LogP contribution in [0.25, 0.3) is 11.4 Å². The Morgan fingerprint density at radius 1 is 1.12 bits per heavy atom. The summed E-state index contributed by atoms with van der Waals surface area (Å²) in [5.41, 5.74) is 2.73. The van der Waals surface area contributed by atoms with E-state index in [9.17, 15) is 4.79 Å². The Bertz CT molecular complexity index is 842. The summed E-state index contributed by atoms with van der Waals surface area (Å²) in [5.74, 6) is 0.639. The number of aromatic nitrogens is 3. The molecule has 0 fully saturated rings. The van der Waals surface area contributed by atoms with Gasteiger partial charge in [-0.15, -0.1) is 10.2 Å². The molecule has 5 heteroatoms. The van der Waals surface area contributed by atoms with Crippen molar-refractivity contribution in [3.8, 4) is 11.4 Å². The predicted molar refractivity (Wildman–Crippen MR) is 99.2 cm³/mol. The Labute approximate surface area is 147 Å². The van der Waals surface area contributed by atoms with Crippen molar-refractivity contribution in [3.63, 3.8) is 0 Å². The second-order valence-corrected chi connectivity index (χ2v) is 5.88. The lowest BCUT2D eigenvalue weighted by Crippen LogP contribution is -2.20. The minimum absolute atomic E-state index is 0.00260. The van der Waals surface area contributed by atoms with Gasteiger partial charge in [0, 0.05) is 17.8 Å². The molecule has 2 aromatic carbocycles. The Balaban J connectivity index is 1.81. The Morgan fingerprint density at radius 2 is 1.92 bits per heavy atom. The van der Waals surface area contributed by atoms with Crippen LogP contribution in [-0.4, -0.2) is 20.7 Å². The fraction of sp³-hybridized carbons (Fsp3) is 0.250. The van der Waals surface area contributed by atoms with Crippen molar-refractivity contribution < 1.29 is 4.79 Å². The standard InChI is InChI=1S/C20H22N4O/c1-3-18(15-9-6-5-7-10-15)20(25)22-17-12-8-11-16(13-17)19-23-21-14-24(19)4-2/h5-14,18H,3-4H2,1-2H3,(H,22,25). The Hall–Kier alpha value is -2.95. The van der Waals surface area contributed by atoms with Crippen LogP contribution in [0, 0.1) is 0 Å². The maximum absolute atomic E-state index is 12.7. The van der Waals surface area contributed by atoms with Crippen LogP contribution in [0.2, 0.25) is 0 Å². The smallest absolute Gasteiger partial charge is 0.231 e. The van der Waals surface area contributed by atoms with Crippen molar-refractivity contribution in [2.75, 3.05) is 5.32 Å². The highest BCUT2D eigenvalue weighted by atomic mass is 16.1. The molecule has 1 atom stereocenters. The van der Waals surface area contributed by atoms with Crippen LogP contribution in [0.1, 0.15) is 31.7 Å². The lowest BCUT2D eigenvalue weighted by molar-refractivity contribution is -0.117. The molecule has 25 heavy (non-hydrogen) atoms. The van der Waals surface area contributed by atoms with E-state index < -0.39 is 0 Å². The molecule has 0 saturated heterocycles. The molecule has 128 valence electrons. The highest BCUT2D eigenvalue weighted by Gasteiger charge is 2.18. The van der Waals surface area contributed by atoms with Gasteiger partial charge >= 0.3 is 0 Å². The molecule has 0 radical (unpaired) electrons. The first-order valence-electron chi connectivity index (χ1n) is 8.57. The summed E-state index contributed by atoms with van der Waals surface area (Å²) >= 11 is 0. The third-order valence-corrected chi connectivity index (χ3v) is 4.27. The summed E-state index contributed by atoms with van der Waals surface area (Å²) in [6, 6.07) is 17.6. The molecule has 0 bridgehead atoms. The minimum atomic E-state index is -0.163. The number of anilines is 1. The van der Waals surface area contributed by atoms with Crippen molar-refractivity contribution in [3.05, 3.63) is 66.5 Å². The molecule has 0 aliphatic carbocycles. The number of nitrogens with one attached hydrogen (secondary N) is 1. The van der Waals surface area contributed by atoms with Gasteiger partial charge in [-0.25, -0.2) is 0 Å². The number of amides is 1. The monoisotopic (exact) mass is 334 g/mol. The summed E-state index contributed by atoms with van der Waals surface area (Å²) in [6.07, 6.45) is 2.46. The van der Waals surface area contributed by atoms with E-state index in [0.717, 1.165) is 35.6 Å². The lowest BCUT2D eigenvalue weighted by Gasteiger charge is -2.16. The molecule has 3 aromatic rings. The molecule has 1 unspecified atom stereocenters. The summed E-state index contributed by atoms with van der Waals surface area (Å²) in [7, 11) is 0. The maximum atomic E-state index is 12.7. The van der Waals surface area contributed by atoms with Crippen molar-refractivity contribution in [2.45, 2.75) is 32.7 Å². The second-order valence-electron chi connectivity index (χ2n) is 5.88. The molecule has 1 N–H and O–H groups in total. The van der Waals surface area contributed by atoms with E-state index in [4.69, 9.17) is 0 Å². The zero-order chi connectivity index (χ0) is 17.6. The predicted octanol–water partition coefficient (Wildman–Crippen LogP) is 4.10. The summed E-state index contributed by atoms with van der Waals surface area (Å²) in [6.45, 7) is 4.87. The van der Waals surface area contributed by atoms with Gasteiger partial charge in [0.05, 0.1) is 5.92 Å². The van der Waals surface area contributed by atoms with Gasteiger partial charge in [0.1, 0.15) is 6.33 Å². The number of rotatable bonds is 6.